The molecule has 0 saturated heterocycles. The molecule has 8 nitrogen and oxygen atoms in total. The number of carbonyl (C=O) groups is 2. The van der Waals surface area contributed by atoms with Crippen LogP contribution in [0.4, 0.5) is 11.4 Å². The molecule has 0 atom stereocenters. The Bertz CT molecular complexity index is 1090. The largest absolute Gasteiger partial charge is 0.319 e. The van der Waals surface area contributed by atoms with Crippen LogP contribution in [0.5, 0.6) is 0 Å². The Morgan fingerprint density at radius 3 is 2.46 bits per heavy atom. The van der Waals surface area contributed by atoms with Crippen LogP contribution in [0, 0.1) is 24.0 Å². The van der Waals surface area contributed by atoms with Crippen molar-refractivity contribution in [2.75, 3.05) is 5.32 Å². The van der Waals surface area contributed by atoms with E-state index in [0.717, 1.165) is 11.8 Å². The molecule has 3 aromatic rings. The first-order valence-electron chi connectivity index (χ1n) is 8.21. The van der Waals surface area contributed by atoms with Crippen molar-refractivity contribution in [3.05, 3.63) is 80.6 Å². The van der Waals surface area contributed by atoms with Gasteiger partial charge in [-0.25, -0.2) is 4.68 Å². The number of benzene rings is 2. The molecule has 0 fully saturated rings. The molecule has 1 N–H and O–H groups in total. The van der Waals surface area contributed by atoms with Crippen LogP contribution in [0.2, 0.25) is 5.02 Å². The summed E-state index contributed by atoms with van der Waals surface area (Å²) in [4.78, 5) is 35.4. The number of aromatic nitrogens is 2. The lowest BCUT2D eigenvalue weighted by molar-refractivity contribution is -0.384. The van der Waals surface area contributed by atoms with Crippen LogP contribution in [-0.4, -0.2) is 26.4 Å². The van der Waals surface area contributed by atoms with Crippen molar-refractivity contribution in [1.29, 1.82) is 0 Å². The number of ketones is 1. The number of anilines is 1. The van der Waals surface area contributed by atoms with Crippen LogP contribution in [0.1, 0.15) is 21.7 Å². The Kier molecular flexibility index (Phi) is 5.23. The third-order valence-electron chi connectivity index (χ3n) is 4.13. The predicted molar refractivity (Wildman–Crippen MR) is 104 cm³/mol. The van der Waals surface area contributed by atoms with Gasteiger partial charge in [0.1, 0.15) is 5.02 Å². The van der Waals surface area contributed by atoms with Crippen molar-refractivity contribution in [3.63, 3.8) is 0 Å². The molecule has 0 unspecified atom stereocenters. The number of nitrogens with one attached hydrogen (secondary N) is 1. The number of aryl methyl sites for hydroxylation is 1. The number of amides is 1. The summed E-state index contributed by atoms with van der Waals surface area (Å²) in [5.41, 5.74) is 1.60. The van der Waals surface area contributed by atoms with Gasteiger partial charge in [-0.15, -0.1) is 0 Å². The van der Waals surface area contributed by atoms with E-state index in [9.17, 15) is 19.7 Å². The van der Waals surface area contributed by atoms with Crippen molar-refractivity contribution in [2.45, 2.75) is 13.8 Å². The number of Topliss-reactive ketones (excluding diaryl/α,β-unsaturated/α-hetero) is 1. The first-order chi connectivity index (χ1) is 13.3. The van der Waals surface area contributed by atoms with Crippen molar-refractivity contribution >= 4 is 34.7 Å². The molecular formula is C19H15ClN4O4. The number of nitro groups is 1. The summed E-state index contributed by atoms with van der Waals surface area (Å²) >= 11 is 5.76. The van der Waals surface area contributed by atoms with Crippen LogP contribution in [0.25, 0.3) is 5.69 Å². The highest BCUT2D eigenvalue weighted by molar-refractivity contribution is 6.47. The number of nitrogens with zero attached hydrogens (tertiary/aromatic N) is 3. The average molecular weight is 399 g/mol. The summed E-state index contributed by atoms with van der Waals surface area (Å²) in [5, 5.41) is 17.6. The topological polar surface area (TPSA) is 107 Å². The summed E-state index contributed by atoms with van der Waals surface area (Å²) in [6.45, 7) is 3.33. The number of para-hydroxylation sites is 1. The fourth-order valence-corrected chi connectivity index (χ4v) is 3.01. The number of halogens is 1. The van der Waals surface area contributed by atoms with Gasteiger partial charge in [-0.2, -0.15) is 5.10 Å². The van der Waals surface area contributed by atoms with Gasteiger partial charge in [-0.1, -0.05) is 29.8 Å². The summed E-state index contributed by atoms with van der Waals surface area (Å²) in [7, 11) is 0. The van der Waals surface area contributed by atoms with Gasteiger partial charge in [0.15, 0.2) is 0 Å². The quantitative estimate of drug-likeness (QED) is 0.304. The summed E-state index contributed by atoms with van der Waals surface area (Å²) in [5.74, 6) is -1.70. The molecular weight excluding hydrogens is 384 g/mol. The highest BCUT2D eigenvalue weighted by Gasteiger charge is 2.25. The SMILES string of the molecule is Cc1nn(-c2ccccc2)c(C)c1C(=O)C(=O)Nc1ccc(Cl)c([N+](=O)[O-])c1. The molecule has 9 heteroatoms. The van der Waals surface area contributed by atoms with E-state index in [1.807, 2.05) is 30.3 Å². The third kappa shape index (κ3) is 3.63. The van der Waals surface area contributed by atoms with Crippen molar-refractivity contribution in [3.8, 4) is 5.69 Å². The Morgan fingerprint density at radius 1 is 1.14 bits per heavy atom. The minimum Gasteiger partial charge on any atom is -0.319 e. The van der Waals surface area contributed by atoms with E-state index in [4.69, 9.17) is 11.6 Å². The third-order valence-corrected chi connectivity index (χ3v) is 4.45. The molecule has 0 spiro atoms. The second-order valence-corrected chi connectivity index (χ2v) is 6.41. The van der Waals surface area contributed by atoms with Crippen LogP contribution in [-0.2, 0) is 4.79 Å². The van der Waals surface area contributed by atoms with Gasteiger partial charge in [-0.05, 0) is 38.1 Å². The van der Waals surface area contributed by atoms with Gasteiger partial charge in [-0.3, -0.25) is 19.7 Å². The number of rotatable bonds is 5. The van der Waals surface area contributed by atoms with Gasteiger partial charge >= 0.3 is 0 Å². The first-order valence-corrected chi connectivity index (χ1v) is 8.58. The lowest BCUT2D eigenvalue weighted by atomic mass is 10.1. The minimum atomic E-state index is -0.921. The predicted octanol–water partition coefficient (Wildman–Crippen LogP) is 3.87. The summed E-state index contributed by atoms with van der Waals surface area (Å²) in [6, 6.07) is 13.0. The van der Waals surface area contributed by atoms with E-state index in [-0.39, 0.29) is 22.0 Å². The maximum absolute atomic E-state index is 12.7. The molecule has 1 aromatic heterocycles. The molecule has 0 bridgehead atoms. The minimum absolute atomic E-state index is 0.0647. The second-order valence-electron chi connectivity index (χ2n) is 6.00. The fraction of sp³-hybridized carbons (Fsp3) is 0.105. The molecule has 0 saturated carbocycles. The average Bonchev–Trinajstić information content (AvgIpc) is 2.97. The molecule has 0 aliphatic rings. The summed E-state index contributed by atoms with van der Waals surface area (Å²) in [6.07, 6.45) is 0. The Labute approximate surface area is 164 Å². The van der Waals surface area contributed by atoms with Crippen LogP contribution >= 0.6 is 11.6 Å². The summed E-state index contributed by atoms with van der Waals surface area (Å²) < 4.78 is 1.59. The zero-order valence-electron chi connectivity index (χ0n) is 15.0. The molecule has 0 radical (unpaired) electrons. The van der Waals surface area contributed by atoms with E-state index in [2.05, 4.69) is 10.4 Å². The molecule has 0 aliphatic heterocycles. The van der Waals surface area contributed by atoms with E-state index in [1.165, 1.54) is 12.1 Å². The van der Waals surface area contributed by atoms with Gasteiger partial charge in [0.25, 0.3) is 17.4 Å². The lowest BCUT2D eigenvalue weighted by Gasteiger charge is -2.06. The van der Waals surface area contributed by atoms with Gasteiger partial charge in [0, 0.05) is 11.8 Å². The Balaban J connectivity index is 1.89. The van der Waals surface area contributed by atoms with E-state index in [0.29, 0.717) is 11.4 Å². The highest BCUT2D eigenvalue weighted by atomic mass is 35.5. The number of carbonyl (C=O) groups excluding carboxylic acids is 2. The molecule has 1 amide bonds. The Hall–Kier alpha value is -3.52. The van der Waals surface area contributed by atoms with Crippen molar-refractivity contribution in [2.24, 2.45) is 0 Å². The first kappa shape index (κ1) is 19.2. The standard InChI is InChI=1S/C19H15ClN4O4/c1-11-17(12(2)23(22-11)14-6-4-3-5-7-14)18(25)19(26)21-13-8-9-15(20)16(10-13)24(27)28/h3-10H,1-2H3,(H,21,26). The van der Waals surface area contributed by atoms with Gasteiger partial charge in [0.05, 0.1) is 27.6 Å². The molecule has 2 aromatic carbocycles. The van der Waals surface area contributed by atoms with Crippen LogP contribution in [0.3, 0.4) is 0 Å². The van der Waals surface area contributed by atoms with Crippen molar-refractivity contribution in [1.82, 2.24) is 9.78 Å². The Morgan fingerprint density at radius 2 is 1.82 bits per heavy atom. The lowest BCUT2D eigenvalue weighted by Crippen LogP contribution is -2.24. The zero-order valence-corrected chi connectivity index (χ0v) is 15.7. The fourth-order valence-electron chi connectivity index (χ4n) is 2.82. The zero-order chi connectivity index (χ0) is 20.4. The van der Waals surface area contributed by atoms with Crippen LogP contribution < -0.4 is 5.32 Å². The molecule has 142 valence electrons. The van der Waals surface area contributed by atoms with E-state index >= 15 is 0 Å². The maximum atomic E-state index is 12.7. The number of hydrogen-bond donors (Lipinski definition) is 1. The highest BCUT2D eigenvalue weighted by Crippen LogP contribution is 2.27. The van der Waals surface area contributed by atoms with Gasteiger partial charge in [0.2, 0.25) is 0 Å². The molecule has 1 heterocycles. The number of hydrogen-bond acceptors (Lipinski definition) is 5. The number of nitro benzene ring substituents is 1. The second kappa shape index (κ2) is 7.61. The smallest absolute Gasteiger partial charge is 0.296 e. The monoisotopic (exact) mass is 398 g/mol. The van der Waals surface area contributed by atoms with E-state index < -0.39 is 16.6 Å². The van der Waals surface area contributed by atoms with E-state index in [1.54, 1.807) is 18.5 Å². The van der Waals surface area contributed by atoms with Crippen LogP contribution in [0.15, 0.2) is 48.5 Å². The maximum Gasteiger partial charge on any atom is 0.296 e. The molecule has 0 aliphatic carbocycles. The molecule has 3 rings (SSSR count). The normalized spacial score (nSPS) is 10.5. The molecule has 28 heavy (non-hydrogen) atoms. The van der Waals surface area contributed by atoms with Gasteiger partial charge < -0.3 is 5.32 Å². The van der Waals surface area contributed by atoms with Crippen molar-refractivity contribution < 1.29 is 14.5 Å².